The van der Waals surface area contributed by atoms with Gasteiger partial charge in [-0.25, -0.2) is 9.59 Å². The van der Waals surface area contributed by atoms with E-state index in [1.165, 1.54) is 19.2 Å². The van der Waals surface area contributed by atoms with Gasteiger partial charge in [-0.05, 0) is 6.07 Å². The first-order valence-electron chi connectivity index (χ1n) is 9.48. The highest BCUT2D eigenvalue weighted by molar-refractivity contribution is 6.14. The average Bonchev–Trinajstić information content (AvgIpc) is 2.82. The molecule has 3 aromatic rings. The van der Waals surface area contributed by atoms with Crippen molar-refractivity contribution in [3.63, 3.8) is 0 Å². The fraction of sp³-hybridized carbons (Fsp3) is 0.0833. The van der Waals surface area contributed by atoms with Crippen LogP contribution in [0.4, 0.5) is 4.79 Å². The van der Waals surface area contributed by atoms with Gasteiger partial charge in [0.05, 0.1) is 5.56 Å². The van der Waals surface area contributed by atoms with Crippen molar-refractivity contribution in [3.05, 3.63) is 107 Å². The number of imide groups is 1. The lowest BCUT2D eigenvalue weighted by Crippen LogP contribution is -2.41. The Morgan fingerprint density at radius 3 is 1.90 bits per heavy atom. The van der Waals surface area contributed by atoms with Crippen LogP contribution in [0.1, 0.15) is 37.9 Å². The monoisotopic (exact) mass is 416 g/mol. The molecule has 31 heavy (non-hydrogen) atoms. The normalized spacial score (nSPS) is 11.1. The van der Waals surface area contributed by atoms with Crippen molar-refractivity contribution in [2.75, 3.05) is 7.05 Å². The van der Waals surface area contributed by atoms with Crippen LogP contribution in [0.3, 0.4) is 0 Å². The van der Waals surface area contributed by atoms with Gasteiger partial charge in [-0.1, -0.05) is 78.9 Å². The molecule has 0 spiro atoms. The molecule has 3 amide bonds. The lowest BCUT2D eigenvalue weighted by Gasteiger charge is -2.18. The third kappa shape index (κ3) is 5.22. The molecular weight excluding hydrogens is 396 g/mol. The number of ether oxygens (including phenoxy) is 1. The van der Waals surface area contributed by atoms with Gasteiger partial charge in [0.25, 0.3) is 5.91 Å². The molecule has 7 nitrogen and oxygen atoms in total. The molecule has 2 N–H and O–H groups in total. The van der Waals surface area contributed by atoms with E-state index in [0.29, 0.717) is 11.1 Å². The molecule has 0 fully saturated rings. The zero-order valence-corrected chi connectivity index (χ0v) is 16.7. The van der Waals surface area contributed by atoms with Crippen LogP contribution in [0.2, 0.25) is 0 Å². The van der Waals surface area contributed by atoms with Gasteiger partial charge in [-0.2, -0.15) is 0 Å². The second-order valence-corrected chi connectivity index (χ2v) is 6.51. The molecule has 0 heterocycles. The highest BCUT2D eigenvalue weighted by Gasteiger charge is 2.28. The number of amides is 3. The van der Waals surface area contributed by atoms with Gasteiger partial charge < -0.3 is 10.1 Å². The Hall–Kier alpha value is -4.26. The minimum absolute atomic E-state index is 0.0185. The highest BCUT2D eigenvalue weighted by Crippen LogP contribution is 2.22. The fourth-order valence-electron chi connectivity index (χ4n) is 2.92. The van der Waals surface area contributed by atoms with Crippen molar-refractivity contribution < 1.29 is 23.9 Å². The van der Waals surface area contributed by atoms with E-state index in [1.54, 1.807) is 72.8 Å². The second-order valence-electron chi connectivity index (χ2n) is 6.51. The number of ketones is 1. The van der Waals surface area contributed by atoms with Gasteiger partial charge in [0.1, 0.15) is 0 Å². The summed E-state index contributed by atoms with van der Waals surface area (Å²) in [5.41, 5.74) is 0.964. The maximum atomic E-state index is 13.0. The van der Waals surface area contributed by atoms with Crippen LogP contribution in [0, 0.1) is 0 Å². The van der Waals surface area contributed by atoms with Crippen molar-refractivity contribution in [2.45, 2.75) is 6.10 Å². The first-order valence-corrected chi connectivity index (χ1v) is 9.48. The quantitative estimate of drug-likeness (QED) is 0.474. The second kappa shape index (κ2) is 9.98. The summed E-state index contributed by atoms with van der Waals surface area (Å²) in [6.07, 6.45) is -1.38. The average molecular weight is 416 g/mol. The Balaban J connectivity index is 1.91. The summed E-state index contributed by atoms with van der Waals surface area (Å²) in [4.78, 5) is 50.1. The van der Waals surface area contributed by atoms with E-state index in [9.17, 15) is 19.2 Å². The minimum atomic E-state index is -1.38. The molecule has 0 aromatic heterocycles. The number of carbonyl (C=O) groups is 4. The molecule has 0 aliphatic carbocycles. The molecule has 7 heteroatoms. The summed E-state index contributed by atoms with van der Waals surface area (Å²) in [5, 5.41) is 4.39. The van der Waals surface area contributed by atoms with Crippen molar-refractivity contribution in [3.8, 4) is 0 Å². The molecule has 0 bridgehead atoms. The van der Waals surface area contributed by atoms with E-state index in [2.05, 4.69) is 10.6 Å². The van der Waals surface area contributed by atoms with Crippen LogP contribution >= 0.6 is 0 Å². The fourth-order valence-corrected chi connectivity index (χ4v) is 2.92. The molecule has 0 unspecified atom stereocenters. The number of hydrogen-bond acceptors (Lipinski definition) is 5. The van der Waals surface area contributed by atoms with Gasteiger partial charge in [0, 0.05) is 23.7 Å². The van der Waals surface area contributed by atoms with Gasteiger partial charge in [-0.15, -0.1) is 0 Å². The number of esters is 1. The maximum Gasteiger partial charge on any atom is 0.340 e. The summed E-state index contributed by atoms with van der Waals surface area (Å²) in [6.45, 7) is 0. The molecule has 0 aliphatic rings. The van der Waals surface area contributed by atoms with E-state index < -0.39 is 24.0 Å². The summed E-state index contributed by atoms with van der Waals surface area (Å²) in [7, 11) is 1.36. The first kappa shape index (κ1) is 21.4. The predicted octanol–water partition coefficient (Wildman–Crippen LogP) is 3.27. The van der Waals surface area contributed by atoms with Crippen LogP contribution in [-0.4, -0.2) is 30.7 Å². The molecule has 1 atom stereocenters. The Morgan fingerprint density at radius 2 is 1.29 bits per heavy atom. The van der Waals surface area contributed by atoms with Crippen LogP contribution in [0.25, 0.3) is 0 Å². The van der Waals surface area contributed by atoms with Crippen LogP contribution in [-0.2, 0) is 9.53 Å². The Labute approximate surface area is 179 Å². The predicted molar refractivity (Wildman–Crippen MR) is 114 cm³/mol. The summed E-state index contributed by atoms with van der Waals surface area (Å²) in [5.74, 6) is -2.02. The molecule has 0 saturated carbocycles. The summed E-state index contributed by atoms with van der Waals surface area (Å²) in [6, 6.07) is 22.3. The molecule has 3 rings (SSSR count). The Bertz CT molecular complexity index is 1100. The van der Waals surface area contributed by atoms with Gasteiger partial charge in [-0.3, -0.25) is 14.9 Å². The molecule has 0 saturated heterocycles. The van der Waals surface area contributed by atoms with Crippen molar-refractivity contribution in [1.82, 2.24) is 10.6 Å². The molecule has 0 aliphatic heterocycles. The first-order chi connectivity index (χ1) is 15.0. The van der Waals surface area contributed by atoms with Crippen molar-refractivity contribution in [2.24, 2.45) is 0 Å². The largest absolute Gasteiger partial charge is 0.444 e. The third-order valence-corrected chi connectivity index (χ3v) is 4.46. The van der Waals surface area contributed by atoms with Crippen LogP contribution < -0.4 is 10.6 Å². The smallest absolute Gasteiger partial charge is 0.340 e. The van der Waals surface area contributed by atoms with Crippen molar-refractivity contribution in [1.29, 1.82) is 0 Å². The molecule has 156 valence electrons. The minimum Gasteiger partial charge on any atom is -0.444 e. The lowest BCUT2D eigenvalue weighted by atomic mass is 9.98. The standard InChI is InChI=1S/C24H20N2O5/c1-25-24(30)26-22(28)21(17-12-6-3-7-13-17)31-23(29)19-15-9-8-14-18(19)20(27)16-10-4-2-5-11-16/h2-15,21H,1H3,(H2,25,26,28,30)/t21-/m0/s1. The van der Waals surface area contributed by atoms with E-state index >= 15 is 0 Å². The number of urea groups is 1. The molecular formula is C24H20N2O5. The van der Waals surface area contributed by atoms with E-state index in [4.69, 9.17) is 4.74 Å². The topological polar surface area (TPSA) is 102 Å². The van der Waals surface area contributed by atoms with Crippen LogP contribution in [0.5, 0.6) is 0 Å². The number of hydrogen-bond donors (Lipinski definition) is 2. The molecule has 3 aromatic carbocycles. The third-order valence-electron chi connectivity index (χ3n) is 4.46. The number of rotatable bonds is 6. The Morgan fingerprint density at radius 1 is 0.742 bits per heavy atom. The number of benzene rings is 3. The number of carbonyl (C=O) groups excluding carboxylic acids is 4. The SMILES string of the molecule is CNC(=O)NC(=O)[C@@H](OC(=O)c1ccccc1C(=O)c1ccccc1)c1ccccc1. The maximum absolute atomic E-state index is 13.0. The van der Waals surface area contributed by atoms with Crippen molar-refractivity contribution >= 4 is 23.7 Å². The highest BCUT2D eigenvalue weighted by atomic mass is 16.5. The van der Waals surface area contributed by atoms with E-state index in [-0.39, 0.29) is 16.9 Å². The molecule has 0 radical (unpaired) electrons. The van der Waals surface area contributed by atoms with Gasteiger partial charge in [0.15, 0.2) is 5.78 Å². The van der Waals surface area contributed by atoms with Gasteiger partial charge in [0.2, 0.25) is 6.10 Å². The summed E-state index contributed by atoms with van der Waals surface area (Å²) < 4.78 is 5.47. The lowest BCUT2D eigenvalue weighted by molar-refractivity contribution is -0.129. The van der Waals surface area contributed by atoms with E-state index in [1.807, 2.05) is 0 Å². The zero-order chi connectivity index (χ0) is 22.2. The summed E-state index contributed by atoms with van der Waals surface area (Å²) >= 11 is 0. The zero-order valence-electron chi connectivity index (χ0n) is 16.7. The van der Waals surface area contributed by atoms with E-state index in [0.717, 1.165) is 0 Å². The van der Waals surface area contributed by atoms with Crippen LogP contribution in [0.15, 0.2) is 84.9 Å². The van der Waals surface area contributed by atoms with Gasteiger partial charge >= 0.3 is 12.0 Å². The Kier molecular flexibility index (Phi) is 6.90. The number of nitrogens with one attached hydrogen (secondary N) is 2.